The summed E-state index contributed by atoms with van der Waals surface area (Å²) in [6.45, 7) is 7.06. The van der Waals surface area contributed by atoms with Crippen LogP contribution < -0.4 is 0 Å². The van der Waals surface area contributed by atoms with E-state index in [2.05, 4.69) is 11.6 Å². The van der Waals surface area contributed by atoms with Crippen molar-refractivity contribution in [2.24, 2.45) is 11.3 Å². The Morgan fingerprint density at radius 1 is 1.05 bits per heavy atom. The quantitative estimate of drug-likeness (QED) is 0.375. The zero-order valence-electron chi connectivity index (χ0n) is 22.5. The van der Waals surface area contributed by atoms with Crippen LogP contribution in [0.25, 0.3) is 16.8 Å². The largest absolute Gasteiger partial charge is 0.395 e. The molecule has 5 rings (SSSR count). The Balaban J connectivity index is 1.11. The van der Waals surface area contributed by atoms with E-state index in [-0.39, 0.29) is 31.3 Å². The van der Waals surface area contributed by atoms with Crippen LogP contribution in [0, 0.1) is 17.2 Å². The Morgan fingerprint density at radius 2 is 1.82 bits per heavy atom. The molecular weight excluding hydrogens is 506 g/mol. The molecule has 3 heterocycles. The molecule has 0 radical (unpaired) electrons. The first-order valence-corrected chi connectivity index (χ1v) is 14.3. The summed E-state index contributed by atoms with van der Waals surface area (Å²) in [6.07, 6.45) is 3.73. The van der Waals surface area contributed by atoms with Gasteiger partial charge in [0.25, 0.3) is 0 Å². The van der Waals surface area contributed by atoms with E-state index in [4.69, 9.17) is 0 Å². The lowest BCUT2D eigenvalue weighted by molar-refractivity contribution is -0.256. The highest BCUT2D eigenvalue weighted by molar-refractivity contribution is 5.69. The highest BCUT2D eigenvalue weighted by Crippen LogP contribution is 2.53. The number of piperidine rings is 2. The van der Waals surface area contributed by atoms with Gasteiger partial charge < -0.3 is 14.9 Å². The molecule has 2 saturated heterocycles. The van der Waals surface area contributed by atoms with Gasteiger partial charge in [0.1, 0.15) is 5.82 Å². The van der Waals surface area contributed by atoms with Gasteiger partial charge >= 0.3 is 6.18 Å². The van der Waals surface area contributed by atoms with E-state index in [1.807, 2.05) is 28.0 Å². The molecule has 0 bridgehead atoms. The van der Waals surface area contributed by atoms with Gasteiger partial charge in [0, 0.05) is 53.9 Å². The van der Waals surface area contributed by atoms with E-state index in [9.17, 15) is 18.3 Å². The molecule has 8 heteroatoms. The monoisotopic (exact) mass is 545 g/mol. The molecule has 2 aliphatic heterocycles. The van der Waals surface area contributed by atoms with Crippen LogP contribution in [0.5, 0.6) is 0 Å². The van der Waals surface area contributed by atoms with Gasteiger partial charge in [-0.15, -0.1) is 0 Å². The van der Waals surface area contributed by atoms with E-state index in [1.54, 1.807) is 12.3 Å². The van der Waals surface area contributed by atoms with Crippen LogP contribution in [0.15, 0.2) is 43.1 Å². The smallest absolute Gasteiger partial charge is 0.391 e. The number of hydrogen-bond acceptors (Lipinski definition) is 4. The number of aliphatic hydroxyl groups is 1. The maximum absolute atomic E-state index is 15.1. The van der Waals surface area contributed by atoms with E-state index in [0.717, 1.165) is 69.6 Å². The number of aliphatic hydroxyl groups excluding tert-OH is 1. The molecule has 4 nitrogen and oxygen atoms in total. The Kier molecular flexibility index (Phi) is 8.34. The molecule has 1 N–H and O–H groups in total. The summed E-state index contributed by atoms with van der Waals surface area (Å²) < 4.78 is 55.6. The number of pyridine rings is 1. The standard InChI is InChI=1S/C31H39F4N3O/c1-22(38-15-2-4-27(39)20-38)24-7-10-28(29(32)18-24)25-6-9-26(36-19-25)8-5-23-11-16-37(17-12-23)21-30(13-3-14-30)31(33,34)35/h6-7,9-10,18-19,23,27,39H,1-5,8,11-17,20-21H2. The van der Waals surface area contributed by atoms with Crippen LogP contribution in [0.3, 0.4) is 0 Å². The summed E-state index contributed by atoms with van der Waals surface area (Å²) >= 11 is 0. The summed E-state index contributed by atoms with van der Waals surface area (Å²) in [5.41, 5.74) is 2.10. The van der Waals surface area contributed by atoms with Crippen LogP contribution >= 0.6 is 0 Å². The Labute approximate surface area is 228 Å². The van der Waals surface area contributed by atoms with Gasteiger partial charge in [-0.1, -0.05) is 31.2 Å². The summed E-state index contributed by atoms with van der Waals surface area (Å²) in [4.78, 5) is 8.60. The van der Waals surface area contributed by atoms with Crippen LogP contribution in [-0.2, 0) is 6.42 Å². The van der Waals surface area contributed by atoms with Gasteiger partial charge in [0.05, 0.1) is 11.5 Å². The second-order valence-corrected chi connectivity index (χ2v) is 11.8. The lowest BCUT2D eigenvalue weighted by atomic mass is 9.67. The second-order valence-electron chi connectivity index (χ2n) is 11.8. The molecule has 1 saturated carbocycles. The van der Waals surface area contributed by atoms with Gasteiger partial charge in [-0.25, -0.2) is 4.39 Å². The predicted octanol–water partition coefficient (Wildman–Crippen LogP) is 6.69. The summed E-state index contributed by atoms with van der Waals surface area (Å²) in [5, 5.41) is 9.94. The van der Waals surface area contributed by atoms with Crippen LogP contribution in [0.2, 0.25) is 0 Å². The molecule has 2 aromatic rings. The lowest BCUT2D eigenvalue weighted by Crippen LogP contribution is -2.53. The Morgan fingerprint density at radius 3 is 2.41 bits per heavy atom. The van der Waals surface area contributed by atoms with Gasteiger partial charge in [0.2, 0.25) is 0 Å². The fraction of sp³-hybridized carbons (Fsp3) is 0.581. The topological polar surface area (TPSA) is 39.6 Å². The van der Waals surface area contributed by atoms with Crippen molar-refractivity contribution >= 4 is 5.70 Å². The number of nitrogens with zero attached hydrogens (tertiary/aromatic N) is 3. The first-order valence-electron chi connectivity index (χ1n) is 14.3. The Hall–Kier alpha value is -2.45. The highest BCUT2D eigenvalue weighted by atomic mass is 19.4. The van der Waals surface area contributed by atoms with Crippen molar-refractivity contribution in [1.29, 1.82) is 0 Å². The molecule has 0 amide bonds. The third-order valence-electron chi connectivity index (χ3n) is 9.17. The Bertz CT molecular complexity index is 1140. The van der Waals surface area contributed by atoms with Crippen molar-refractivity contribution < 1.29 is 22.7 Å². The third kappa shape index (κ3) is 6.32. The highest BCUT2D eigenvalue weighted by Gasteiger charge is 2.58. The summed E-state index contributed by atoms with van der Waals surface area (Å²) in [6, 6.07) is 8.96. The van der Waals surface area contributed by atoms with E-state index in [0.29, 0.717) is 35.6 Å². The van der Waals surface area contributed by atoms with Crippen molar-refractivity contribution in [2.45, 2.75) is 70.1 Å². The lowest BCUT2D eigenvalue weighted by Gasteiger charge is -2.47. The second kappa shape index (κ2) is 11.6. The van der Waals surface area contributed by atoms with Crippen molar-refractivity contribution in [1.82, 2.24) is 14.8 Å². The van der Waals surface area contributed by atoms with Crippen molar-refractivity contribution in [3.05, 3.63) is 60.2 Å². The molecule has 1 aromatic carbocycles. The zero-order chi connectivity index (χ0) is 27.6. The zero-order valence-corrected chi connectivity index (χ0v) is 22.5. The minimum Gasteiger partial charge on any atom is -0.391 e. The average molecular weight is 546 g/mol. The molecule has 1 aliphatic carbocycles. The molecule has 1 aromatic heterocycles. The van der Waals surface area contributed by atoms with Crippen LogP contribution in [-0.4, -0.2) is 64.9 Å². The molecule has 39 heavy (non-hydrogen) atoms. The number of alkyl halides is 3. The van der Waals surface area contributed by atoms with Crippen LogP contribution in [0.1, 0.15) is 62.6 Å². The number of aromatic nitrogens is 1. The number of hydrogen-bond donors (Lipinski definition) is 1. The van der Waals surface area contributed by atoms with E-state index in [1.165, 1.54) is 6.07 Å². The van der Waals surface area contributed by atoms with Crippen molar-refractivity contribution in [3.63, 3.8) is 0 Å². The number of aryl methyl sites for hydroxylation is 1. The van der Waals surface area contributed by atoms with Gasteiger partial charge in [-0.2, -0.15) is 13.2 Å². The SMILES string of the molecule is C=C(c1ccc(-c2ccc(CCC3CCN(CC4(C(F)(F)F)CCC4)CC3)nc2)c(F)c1)N1CCCC(O)C1. The summed E-state index contributed by atoms with van der Waals surface area (Å²) in [7, 11) is 0. The fourth-order valence-electron chi connectivity index (χ4n) is 6.39. The molecule has 1 atom stereocenters. The molecule has 212 valence electrons. The number of likely N-dealkylation sites (tertiary alicyclic amines) is 2. The molecular formula is C31H39F4N3O. The number of β-amino-alcohol motifs (C(OH)–C–C–N with tert-alkyl or cyclic N) is 1. The number of rotatable bonds is 8. The third-order valence-corrected chi connectivity index (χ3v) is 9.17. The van der Waals surface area contributed by atoms with Crippen molar-refractivity contribution in [2.75, 3.05) is 32.7 Å². The molecule has 3 fully saturated rings. The first kappa shape index (κ1) is 28.1. The van der Waals surface area contributed by atoms with Crippen LogP contribution in [0.4, 0.5) is 17.6 Å². The van der Waals surface area contributed by atoms with Gasteiger partial charge in [-0.05, 0) is 82.5 Å². The minimum absolute atomic E-state index is 0.152. The molecule has 0 spiro atoms. The average Bonchev–Trinajstić information content (AvgIpc) is 2.89. The fourth-order valence-corrected chi connectivity index (χ4v) is 6.39. The van der Waals surface area contributed by atoms with E-state index < -0.39 is 11.6 Å². The van der Waals surface area contributed by atoms with Gasteiger partial charge in [-0.3, -0.25) is 4.98 Å². The number of benzene rings is 1. The van der Waals surface area contributed by atoms with E-state index >= 15 is 4.39 Å². The maximum Gasteiger partial charge on any atom is 0.395 e. The first-order chi connectivity index (χ1) is 18.6. The van der Waals surface area contributed by atoms with Gasteiger partial charge in [0.15, 0.2) is 0 Å². The normalized spacial score (nSPS) is 22.5. The predicted molar refractivity (Wildman–Crippen MR) is 145 cm³/mol. The van der Waals surface area contributed by atoms with Crippen molar-refractivity contribution in [3.8, 4) is 11.1 Å². The molecule has 3 aliphatic rings. The number of halogens is 4. The summed E-state index contributed by atoms with van der Waals surface area (Å²) in [5.74, 6) is 0.159. The molecule has 1 unspecified atom stereocenters. The minimum atomic E-state index is -4.10. The maximum atomic E-state index is 15.1.